The van der Waals surface area contributed by atoms with Crippen LogP contribution in [0.1, 0.15) is 5.56 Å². The molecule has 0 bridgehead atoms. The fraction of sp³-hybridized carbons (Fsp3) is 0.455. The Morgan fingerprint density at radius 3 is 1.55 bits per heavy atom. The lowest BCUT2D eigenvalue weighted by Crippen LogP contribution is -2.42. The molecule has 0 amide bonds. The summed E-state index contributed by atoms with van der Waals surface area (Å²) in [5.41, 5.74) is -0.0671. The molecule has 0 N–H and O–H groups in total. The van der Waals surface area contributed by atoms with E-state index < -0.39 is 35.4 Å². The van der Waals surface area contributed by atoms with E-state index in [1.54, 1.807) is 0 Å². The summed E-state index contributed by atoms with van der Waals surface area (Å²) in [6, 6.07) is 6.47. The molecule has 20 heavy (non-hydrogen) atoms. The monoisotopic (exact) mass is 305 g/mol. The number of benzene rings is 1. The van der Waals surface area contributed by atoms with Crippen LogP contribution < -0.4 is 0 Å². The minimum Gasteiger partial charge on any atom is -0.210 e. The lowest BCUT2D eigenvalue weighted by molar-refractivity contribution is -0.258. The van der Waals surface area contributed by atoms with Gasteiger partial charge in [0.2, 0.25) is 0 Å². The highest BCUT2D eigenvalue weighted by atomic mass is 19.4. The minimum atomic E-state index is -5.99. The van der Waals surface area contributed by atoms with Gasteiger partial charge in [-0.2, -0.15) is 26.3 Å². The standard InChI is InChI=1S/C11H7F8N/c12-8(10(14,15)16)9(13,11(17,18)19)20(8)6-7-4-2-1-3-5-7/h1-5H,6H2/t8-,9-/m0/s1. The van der Waals surface area contributed by atoms with Crippen molar-refractivity contribution in [1.29, 1.82) is 0 Å². The average Bonchev–Trinajstić information content (AvgIpc) is 2.81. The first kappa shape index (κ1) is 15.0. The van der Waals surface area contributed by atoms with Gasteiger partial charge in [-0.25, -0.2) is 13.7 Å². The van der Waals surface area contributed by atoms with E-state index in [2.05, 4.69) is 0 Å². The zero-order valence-corrected chi connectivity index (χ0v) is 9.56. The van der Waals surface area contributed by atoms with Gasteiger partial charge < -0.3 is 0 Å². The average molecular weight is 305 g/mol. The number of alkyl halides is 8. The lowest BCUT2D eigenvalue weighted by atomic mass is 10.2. The summed E-state index contributed by atoms with van der Waals surface area (Å²) in [6.07, 6.45) is -12.0. The zero-order chi connectivity index (χ0) is 15.4. The predicted octanol–water partition coefficient (Wildman–Crippen LogP) is 3.96. The maximum Gasteiger partial charge on any atom is 0.441 e. The van der Waals surface area contributed by atoms with E-state index in [4.69, 9.17) is 0 Å². The van der Waals surface area contributed by atoms with Crippen LogP contribution in [0.5, 0.6) is 0 Å². The van der Waals surface area contributed by atoms with Crippen molar-refractivity contribution in [2.75, 3.05) is 0 Å². The smallest absolute Gasteiger partial charge is 0.210 e. The molecule has 0 unspecified atom stereocenters. The van der Waals surface area contributed by atoms with Gasteiger partial charge in [-0.3, -0.25) is 0 Å². The van der Waals surface area contributed by atoms with Crippen LogP contribution in [0.4, 0.5) is 35.1 Å². The molecule has 2 atom stereocenters. The third-order valence-corrected chi connectivity index (χ3v) is 3.07. The summed E-state index contributed by atoms with van der Waals surface area (Å²) >= 11 is 0. The number of halogens is 8. The molecule has 1 nitrogen and oxygen atoms in total. The van der Waals surface area contributed by atoms with Crippen molar-refractivity contribution in [3.63, 3.8) is 0 Å². The second kappa shape index (κ2) is 4.06. The van der Waals surface area contributed by atoms with E-state index in [1.807, 2.05) is 0 Å². The topological polar surface area (TPSA) is 3.01 Å². The Morgan fingerprint density at radius 2 is 1.20 bits per heavy atom. The summed E-state index contributed by atoms with van der Waals surface area (Å²) in [5.74, 6) is -10.1. The van der Waals surface area contributed by atoms with Gasteiger partial charge in [0, 0.05) is 6.54 Å². The highest BCUT2D eigenvalue weighted by Gasteiger charge is 2.99. The van der Waals surface area contributed by atoms with Crippen molar-refractivity contribution >= 4 is 0 Å². The Morgan fingerprint density at radius 1 is 0.800 bits per heavy atom. The Balaban J connectivity index is 2.37. The normalized spacial score (nSPS) is 34.1. The van der Waals surface area contributed by atoms with E-state index in [9.17, 15) is 35.1 Å². The van der Waals surface area contributed by atoms with Gasteiger partial charge in [-0.05, 0) is 5.56 Å². The highest BCUT2D eigenvalue weighted by molar-refractivity contribution is 5.27. The van der Waals surface area contributed by atoms with Gasteiger partial charge in [-0.15, -0.1) is 0 Å². The summed E-state index contributed by atoms with van der Waals surface area (Å²) in [5, 5.41) is 0. The van der Waals surface area contributed by atoms with Crippen LogP contribution in [0.3, 0.4) is 0 Å². The van der Waals surface area contributed by atoms with E-state index >= 15 is 0 Å². The molecular weight excluding hydrogens is 298 g/mol. The molecule has 0 radical (unpaired) electrons. The zero-order valence-electron chi connectivity index (χ0n) is 9.56. The largest absolute Gasteiger partial charge is 0.441 e. The molecule has 0 saturated carbocycles. The maximum absolute atomic E-state index is 13.6. The molecule has 1 heterocycles. The fourth-order valence-corrected chi connectivity index (χ4v) is 2.02. The third-order valence-electron chi connectivity index (χ3n) is 3.07. The molecule has 112 valence electrons. The second-order valence-electron chi connectivity index (χ2n) is 4.31. The molecule has 9 heteroatoms. The molecule has 0 aliphatic carbocycles. The lowest BCUT2D eigenvalue weighted by Gasteiger charge is -2.14. The predicted molar refractivity (Wildman–Crippen MR) is 51.8 cm³/mol. The number of rotatable bonds is 2. The molecule has 2 rings (SSSR count). The molecule has 1 fully saturated rings. The molecular formula is C11H7F8N. The van der Waals surface area contributed by atoms with Gasteiger partial charge in [-0.1, -0.05) is 30.3 Å². The maximum atomic E-state index is 13.6. The van der Waals surface area contributed by atoms with Crippen molar-refractivity contribution in [3.05, 3.63) is 35.9 Å². The Kier molecular flexibility index (Phi) is 3.05. The van der Waals surface area contributed by atoms with Gasteiger partial charge >= 0.3 is 23.9 Å². The summed E-state index contributed by atoms with van der Waals surface area (Å²) in [4.78, 5) is -0.880. The third kappa shape index (κ3) is 1.79. The van der Waals surface area contributed by atoms with Crippen molar-refractivity contribution in [1.82, 2.24) is 4.90 Å². The fourth-order valence-electron chi connectivity index (χ4n) is 2.02. The molecule has 1 aliphatic rings. The number of hydrogen-bond donors (Lipinski definition) is 0. The van der Waals surface area contributed by atoms with E-state index in [1.165, 1.54) is 30.3 Å². The van der Waals surface area contributed by atoms with Crippen LogP contribution in [-0.4, -0.2) is 28.8 Å². The molecule has 0 spiro atoms. The summed E-state index contributed by atoms with van der Waals surface area (Å²) < 4.78 is 102. The van der Waals surface area contributed by atoms with Gasteiger partial charge in [0.25, 0.3) is 0 Å². The summed E-state index contributed by atoms with van der Waals surface area (Å²) in [6.45, 7) is -1.15. The molecule has 0 aromatic heterocycles. The number of hydrogen-bond acceptors (Lipinski definition) is 1. The van der Waals surface area contributed by atoms with E-state index in [-0.39, 0.29) is 5.56 Å². The van der Waals surface area contributed by atoms with Gasteiger partial charge in [0.1, 0.15) is 0 Å². The summed E-state index contributed by atoms with van der Waals surface area (Å²) in [7, 11) is 0. The first-order valence-corrected chi connectivity index (χ1v) is 5.29. The van der Waals surface area contributed by atoms with Gasteiger partial charge in [0.05, 0.1) is 0 Å². The number of nitrogens with zero attached hydrogens (tertiary/aromatic N) is 1. The van der Waals surface area contributed by atoms with Crippen LogP contribution in [0, 0.1) is 0 Å². The Labute approximate surface area is 107 Å². The van der Waals surface area contributed by atoms with E-state index in [0.29, 0.717) is 0 Å². The van der Waals surface area contributed by atoms with Crippen molar-refractivity contribution < 1.29 is 35.1 Å². The molecule has 1 aliphatic heterocycles. The van der Waals surface area contributed by atoms with Crippen LogP contribution in [-0.2, 0) is 6.54 Å². The Bertz CT molecular complexity index is 469. The minimum absolute atomic E-state index is 0.0671. The van der Waals surface area contributed by atoms with Crippen LogP contribution in [0.2, 0.25) is 0 Å². The van der Waals surface area contributed by atoms with Crippen LogP contribution in [0.25, 0.3) is 0 Å². The van der Waals surface area contributed by atoms with Crippen molar-refractivity contribution in [3.8, 4) is 0 Å². The Hall–Kier alpha value is -1.38. The van der Waals surface area contributed by atoms with E-state index in [0.717, 1.165) is 0 Å². The second-order valence-corrected chi connectivity index (χ2v) is 4.31. The first-order chi connectivity index (χ1) is 8.96. The van der Waals surface area contributed by atoms with Crippen molar-refractivity contribution in [2.45, 2.75) is 30.5 Å². The molecule has 1 saturated heterocycles. The first-order valence-electron chi connectivity index (χ1n) is 5.29. The SMILES string of the molecule is FC(F)(F)[C@@]1(F)N(Cc2ccccc2)[C@]1(F)C(F)(F)F. The molecule has 1 aromatic rings. The van der Waals surface area contributed by atoms with Crippen LogP contribution >= 0.6 is 0 Å². The quantitative estimate of drug-likeness (QED) is 0.454. The van der Waals surface area contributed by atoms with Crippen LogP contribution in [0.15, 0.2) is 30.3 Å². The van der Waals surface area contributed by atoms with Crippen molar-refractivity contribution in [2.24, 2.45) is 0 Å². The highest BCUT2D eigenvalue weighted by Crippen LogP contribution is 2.68. The molecule has 1 aromatic carbocycles. The van der Waals surface area contributed by atoms with Gasteiger partial charge in [0.15, 0.2) is 0 Å².